The lowest BCUT2D eigenvalue weighted by Crippen LogP contribution is -2.37. The molecule has 0 aromatic heterocycles. The van der Waals surface area contributed by atoms with Crippen molar-refractivity contribution in [3.8, 4) is 0 Å². The van der Waals surface area contributed by atoms with Crippen molar-refractivity contribution in [1.29, 1.82) is 0 Å². The van der Waals surface area contributed by atoms with Crippen LogP contribution in [-0.4, -0.2) is 56.3 Å². The van der Waals surface area contributed by atoms with Gasteiger partial charge in [0.05, 0.1) is 18.8 Å². The Kier molecular flexibility index (Phi) is 3.79. The molecule has 1 rings (SSSR count). The SMILES string of the molecule is OC[C@@H]1C[C@@H](O)[C@H](O)[C@@H](O)CS1. The van der Waals surface area contributed by atoms with E-state index in [9.17, 15) is 15.3 Å². The van der Waals surface area contributed by atoms with Gasteiger partial charge >= 0.3 is 0 Å². The molecular weight excluding hydrogens is 180 g/mol. The number of aliphatic hydroxyl groups is 4. The minimum absolute atomic E-state index is 0.0266. The third-order valence-corrected chi connectivity index (χ3v) is 3.35. The second-order valence-electron chi connectivity index (χ2n) is 3.00. The van der Waals surface area contributed by atoms with Crippen LogP contribution in [0.4, 0.5) is 0 Å². The molecule has 0 aromatic carbocycles. The van der Waals surface area contributed by atoms with Gasteiger partial charge in [-0.1, -0.05) is 0 Å². The molecule has 4 atom stereocenters. The molecule has 1 aliphatic heterocycles. The molecule has 4 nitrogen and oxygen atoms in total. The maximum Gasteiger partial charge on any atom is 0.107 e. The molecule has 0 radical (unpaired) electrons. The largest absolute Gasteiger partial charge is 0.395 e. The molecule has 1 fully saturated rings. The number of hydrogen-bond donors (Lipinski definition) is 4. The molecule has 5 heteroatoms. The summed E-state index contributed by atoms with van der Waals surface area (Å²) in [6.45, 7) is -0.0266. The van der Waals surface area contributed by atoms with Gasteiger partial charge in [-0.3, -0.25) is 0 Å². The molecule has 72 valence electrons. The molecule has 0 unspecified atom stereocenters. The summed E-state index contributed by atoms with van der Waals surface area (Å²) in [6.07, 6.45) is -2.55. The summed E-state index contributed by atoms with van der Waals surface area (Å²) in [6, 6.07) is 0. The lowest BCUT2D eigenvalue weighted by molar-refractivity contribution is -0.0507. The van der Waals surface area contributed by atoms with Gasteiger partial charge in [-0.05, 0) is 6.42 Å². The van der Waals surface area contributed by atoms with Gasteiger partial charge in [0.25, 0.3) is 0 Å². The van der Waals surface area contributed by atoms with Crippen molar-refractivity contribution < 1.29 is 20.4 Å². The molecule has 4 N–H and O–H groups in total. The van der Waals surface area contributed by atoms with Crippen molar-refractivity contribution in [2.24, 2.45) is 0 Å². The van der Waals surface area contributed by atoms with Crippen molar-refractivity contribution in [3.63, 3.8) is 0 Å². The summed E-state index contributed by atoms with van der Waals surface area (Å²) >= 11 is 1.38. The third-order valence-electron chi connectivity index (χ3n) is 2.00. The fourth-order valence-corrected chi connectivity index (χ4v) is 2.30. The van der Waals surface area contributed by atoms with Crippen molar-refractivity contribution in [2.75, 3.05) is 12.4 Å². The summed E-state index contributed by atoms with van der Waals surface area (Å²) in [5, 5.41) is 36.5. The molecule has 0 aromatic rings. The zero-order valence-electron chi connectivity index (χ0n) is 6.63. The normalized spacial score (nSPS) is 44.0. The summed E-state index contributed by atoms with van der Waals surface area (Å²) < 4.78 is 0. The number of thioether (sulfide) groups is 1. The van der Waals surface area contributed by atoms with E-state index in [4.69, 9.17) is 5.11 Å². The van der Waals surface area contributed by atoms with E-state index in [0.717, 1.165) is 0 Å². The Morgan fingerprint density at radius 2 is 1.83 bits per heavy atom. The average Bonchev–Trinajstić information content (AvgIpc) is 2.19. The highest BCUT2D eigenvalue weighted by atomic mass is 32.2. The van der Waals surface area contributed by atoms with Crippen molar-refractivity contribution in [2.45, 2.75) is 30.0 Å². The Bertz CT molecular complexity index is 143. The Hall–Kier alpha value is 0.190. The van der Waals surface area contributed by atoms with Crippen LogP contribution in [0, 0.1) is 0 Å². The van der Waals surface area contributed by atoms with Crippen LogP contribution in [-0.2, 0) is 0 Å². The van der Waals surface area contributed by atoms with E-state index in [1.165, 1.54) is 11.8 Å². The molecule has 0 spiro atoms. The highest BCUT2D eigenvalue weighted by molar-refractivity contribution is 8.00. The number of aliphatic hydroxyl groups excluding tert-OH is 4. The standard InChI is InChI=1S/C7H14O4S/c8-2-4-1-5(9)7(11)6(10)3-12-4/h4-11H,1-3H2/t4-,5+,6-,7-/m0/s1. The molecule has 1 aliphatic rings. The van der Waals surface area contributed by atoms with Gasteiger partial charge < -0.3 is 20.4 Å². The van der Waals surface area contributed by atoms with E-state index in [2.05, 4.69) is 0 Å². The third kappa shape index (κ3) is 2.34. The summed E-state index contributed by atoms with van der Waals surface area (Å²) in [7, 11) is 0. The lowest BCUT2D eigenvalue weighted by Gasteiger charge is -2.18. The van der Waals surface area contributed by atoms with Gasteiger partial charge in [-0.2, -0.15) is 11.8 Å². The highest BCUT2D eigenvalue weighted by Gasteiger charge is 2.31. The van der Waals surface area contributed by atoms with Crippen LogP contribution >= 0.6 is 11.8 Å². The molecule has 12 heavy (non-hydrogen) atoms. The van der Waals surface area contributed by atoms with Gasteiger partial charge in [0.15, 0.2) is 0 Å². The smallest absolute Gasteiger partial charge is 0.107 e. The van der Waals surface area contributed by atoms with Crippen LogP contribution in [0.5, 0.6) is 0 Å². The van der Waals surface area contributed by atoms with E-state index in [-0.39, 0.29) is 11.9 Å². The number of hydrogen-bond acceptors (Lipinski definition) is 5. The van der Waals surface area contributed by atoms with Gasteiger partial charge in [-0.25, -0.2) is 0 Å². The molecule has 0 aliphatic carbocycles. The first-order valence-corrected chi connectivity index (χ1v) is 4.96. The van der Waals surface area contributed by atoms with E-state index in [0.29, 0.717) is 12.2 Å². The van der Waals surface area contributed by atoms with E-state index in [1.807, 2.05) is 0 Å². The van der Waals surface area contributed by atoms with Crippen LogP contribution in [0.15, 0.2) is 0 Å². The van der Waals surface area contributed by atoms with E-state index in [1.54, 1.807) is 0 Å². The maximum atomic E-state index is 9.30. The summed E-state index contributed by atoms with van der Waals surface area (Å²) in [5.74, 6) is 0.365. The zero-order valence-corrected chi connectivity index (χ0v) is 7.44. The average molecular weight is 194 g/mol. The van der Waals surface area contributed by atoms with Gasteiger partial charge in [0.1, 0.15) is 6.10 Å². The van der Waals surface area contributed by atoms with E-state index >= 15 is 0 Å². The number of rotatable bonds is 1. The molecule has 0 saturated carbocycles. The monoisotopic (exact) mass is 194 g/mol. The molecule has 1 heterocycles. The van der Waals surface area contributed by atoms with Gasteiger partial charge in [0.2, 0.25) is 0 Å². The van der Waals surface area contributed by atoms with Crippen LogP contribution in [0.1, 0.15) is 6.42 Å². The Balaban J connectivity index is 2.53. The predicted octanol–water partition coefficient (Wildman–Crippen LogP) is -1.43. The molecule has 0 bridgehead atoms. The summed E-state index contributed by atoms with van der Waals surface area (Å²) in [4.78, 5) is 0. The lowest BCUT2D eigenvalue weighted by atomic mass is 10.1. The van der Waals surface area contributed by atoms with Gasteiger partial charge in [0, 0.05) is 11.0 Å². The Morgan fingerprint density at radius 1 is 1.17 bits per heavy atom. The molecule has 1 saturated heterocycles. The second kappa shape index (κ2) is 4.43. The van der Waals surface area contributed by atoms with Gasteiger partial charge in [-0.15, -0.1) is 0 Å². The Labute approximate surface area is 75.2 Å². The quantitative estimate of drug-likeness (QED) is 0.411. The van der Waals surface area contributed by atoms with Crippen molar-refractivity contribution in [3.05, 3.63) is 0 Å². The fourth-order valence-electron chi connectivity index (χ4n) is 1.19. The van der Waals surface area contributed by atoms with Crippen LogP contribution in [0.3, 0.4) is 0 Å². The fraction of sp³-hybridized carbons (Fsp3) is 1.00. The molecular formula is C7H14O4S. The minimum atomic E-state index is -1.07. The van der Waals surface area contributed by atoms with Crippen LogP contribution in [0.2, 0.25) is 0 Å². The molecule has 0 amide bonds. The first-order valence-electron chi connectivity index (χ1n) is 3.91. The topological polar surface area (TPSA) is 80.9 Å². The van der Waals surface area contributed by atoms with Crippen molar-refractivity contribution in [1.82, 2.24) is 0 Å². The van der Waals surface area contributed by atoms with Crippen molar-refractivity contribution >= 4 is 11.8 Å². The highest BCUT2D eigenvalue weighted by Crippen LogP contribution is 2.24. The first-order chi connectivity index (χ1) is 5.65. The van der Waals surface area contributed by atoms with Crippen LogP contribution in [0.25, 0.3) is 0 Å². The Morgan fingerprint density at radius 3 is 2.42 bits per heavy atom. The first kappa shape index (κ1) is 10.3. The predicted molar refractivity (Wildman–Crippen MR) is 46.0 cm³/mol. The van der Waals surface area contributed by atoms with Crippen LogP contribution < -0.4 is 0 Å². The van der Waals surface area contributed by atoms with E-state index < -0.39 is 18.3 Å². The minimum Gasteiger partial charge on any atom is -0.395 e. The zero-order chi connectivity index (χ0) is 9.14. The second-order valence-corrected chi connectivity index (χ2v) is 4.33. The summed E-state index contributed by atoms with van der Waals surface area (Å²) in [5.41, 5.74) is 0. The maximum absolute atomic E-state index is 9.30.